The van der Waals surface area contributed by atoms with E-state index in [1.54, 1.807) is 6.07 Å². The van der Waals surface area contributed by atoms with E-state index in [4.69, 9.17) is 10.8 Å². The molecule has 1 aromatic heterocycles. The summed E-state index contributed by atoms with van der Waals surface area (Å²) in [5.74, 6) is -0.997. The van der Waals surface area contributed by atoms with Gasteiger partial charge in [0.1, 0.15) is 5.69 Å². The first-order valence-corrected chi connectivity index (χ1v) is 5.36. The van der Waals surface area contributed by atoms with Crippen LogP contribution >= 0.6 is 0 Å². The van der Waals surface area contributed by atoms with E-state index < -0.39 is 5.97 Å². The Hall–Kier alpha value is -1.62. The molecule has 0 amide bonds. The first-order chi connectivity index (χ1) is 7.66. The van der Waals surface area contributed by atoms with Crippen molar-refractivity contribution in [3.05, 3.63) is 24.0 Å². The maximum absolute atomic E-state index is 10.8. The van der Waals surface area contributed by atoms with Gasteiger partial charge < -0.3 is 15.7 Å². The van der Waals surface area contributed by atoms with Crippen molar-refractivity contribution < 1.29 is 9.90 Å². The minimum atomic E-state index is -0.997. The van der Waals surface area contributed by atoms with E-state index in [2.05, 4.69) is 9.88 Å². The van der Waals surface area contributed by atoms with Crippen LogP contribution in [0.15, 0.2) is 18.3 Å². The van der Waals surface area contributed by atoms with Crippen LogP contribution in [0, 0.1) is 0 Å². The zero-order chi connectivity index (χ0) is 11.5. The molecule has 1 aliphatic rings. The monoisotopic (exact) mass is 221 g/mol. The Kier molecular flexibility index (Phi) is 3.05. The van der Waals surface area contributed by atoms with E-state index in [9.17, 15) is 4.79 Å². The number of piperidine rings is 1. The minimum absolute atomic E-state index is 0.0802. The molecule has 3 N–H and O–H groups in total. The lowest BCUT2D eigenvalue weighted by molar-refractivity contribution is 0.0690. The number of rotatable bonds is 2. The predicted octanol–water partition coefficient (Wildman–Crippen LogP) is 0.707. The van der Waals surface area contributed by atoms with Crippen molar-refractivity contribution in [2.75, 3.05) is 18.0 Å². The molecule has 5 nitrogen and oxygen atoms in total. The Labute approximate surface area is 93.9 Å². The number of aromatic nitrogens is 1. The van der Waals surface area contributed by atoms with Crippen LogP contribution in [-0.4, -0.2) is 35.2 Å². The SMILES string of the molecule is N[C@@H]1CCCN(c2ccnc(C(=O)O)c2)C1. The van der Waals surface area contributed by atoms with Crippen molar-refractivity contribution in [1.29, 1.82) is 0 Å². The molecule has 0 bridgehead atoms. The lowest BCUT2D eigenvalue weighted by Crippen LogP contribution is -2.42. The molecule has 16 heavy (non-hydrogen) atoms. The van der Waals surface area contributed by atoms with E-state index in [1.807, 2.05) is 6.07 Å². The molecule has 0 spiro atoms. The highest BCUT2D eigenvalue weighted by atomic mass is 16.4. The molecule has 1 saturated heterocycles. The molecule has 0 saturated carbocycles. The molecule has 2 rings (SSSR count). The Morgan fingerprint density at radius 2 is 2.44 bits per heavy atom. The number of aromatic carboxylic acids is 1. The van der Waals surface area contributed by atoms with Gasteiger partial charge in [-0.05, 0) is 25.0 Å². The highest BCUT2D eigenvalue weighted by molar-refractivity contribution is 5.86. The zero-order valence-corrected chi connectivity index (χ0v) is 8.97. The summed E-state index contributed by atoms with van der Waals surface area (Å²) in [6.07, 6.45) is 3.61. The second-order valence-electron chi connectivity index (χ2n) is 4.05. The van der Waals surface area contributed by atoms with Gasteiger partial charge in [-0.3, -0.25) is 0 Å². The maximum Gasteiger partial charge on any atom is 0.354 e. The van der Waals surface area contributed by atoms with Crippen LogP contribution in [0.4, 0.5) is 5.69 Å². The standard InChI is InChI=1S/C11H15N3O2/c12-8-2-1-5-14(7-8)9-3-4-13-10(6-9)11(15)16/h3-4,6,8H,1-2,5,7,12H2,(H,15,16)/t8-/m1/s1. The van der Waals surface area contributed by atoms with Gasteiger partial charge in [-0.1, -0.05) is 0 Å². The lowest BCUT2D eigenvalue weighted by Gasteiger charge is -2.32. The first-order valence-electron chi connectivity index (χ1n) is 5.36. The second-order valence-corrected chi connectivity index (χ2v) is 4.05. The van der Waals surface area contributed by atoms with Gasteiger partial charge in [0.25, 0.3) is 0 Å². The summed E-state index contributed by atoms with van der Waals surface area (Å²) in [5, 5.41) is 8.85. The predicted molar refractivity (Wildman–Crippen MR) is 60.6 cm³/mol. The quantitative estimate of drug-likeness (QED) is 0.768. The highest BCUT2D eigenvalue weighted by Crippen LogP contribution is 2.19. The minimum Gasteiger partial charge on any atom is -0.477 e. The Morgan fingerprint density at radius 3 is 3.12 bits per heavy atom. The fraction of sp³-hybridized carbons (Fsp3) is 0.455. The van der Waals surface area contributed by atoms with Crippen LogP contribution in [0.3, 0.4) is 0 Å². The number of carbonyl (C=O) groups is 1. The molecule has 1 aliphatic heterocycles. The average molecular weight is 221 g/mol. The van der Waals surface area contributed by atoms with Crippen LogP contribution in [0.1, 0.15) is 23.3 Å². The summed E-state index contributed by atoms with van der Waals surface area (Å²) in [4.78, 5) is 16.7. The van der Waals surface area contributed by atoms with E-state index in [1.165, 1.54) is 6.20 Å². The summed E-state index contributed by atoms with van der Waals surface area (Å²) in [7, 11) is 0. The molecule has 86 valence electrons. The van der Waals surface area contributed by atoms with Gasteiger partial charge in [0.05, 0.1) is 0 Å². The Bertz CT molecular complexity index is 395. The van der Waals surface area contributed by atoms with Gasteiger partial charge in [-0.15, -0.1) is 0 Å². The summed E-state index contributed by atoms with van der Waals surface area (Å²) in [6.45, 7) is 1.71. The van der Waals surface area contributed by atoms with Gasteiger partial charge in [-0.2, -0.15) is 0 Å². The topological polar surface area (TPSA) is 79.5 Å². The van der Waals surface area contributed by atoms with Crippen molar-refractivity contribution in [3.8, 4) is 0 Å². The third-order valence-electron chi connectivity index (χ3n) is 2.79. The molecule has 0 unspecified atom stereocenters. The number of nitrogens with zero attached hydrogens (tertiary/aromatic N) is 2. The average Bonchev–Trinajstić information content (AvgIpc) is 2.29. The van der Waals surface area contributed by atoms with Crippen molar-refractivity contribution in [2.24, 2.45) is 5.73 Å². The molecule has 0 aliphatic carbocycles. The lowest BCUT2D eigenvalue weighted by atomic mass is 10.1. The molecule has 2 heterocycles. The number of nitrogens with two attached hydrogens (primary N) is 1. The van der Waals surface area contributed by atoms with Gasteiger partial charge >= 0.3 is 5.97 Å². The zero-order valence-electron chi connectivity index (χ0n) is 8.97. The van der Waals surface area contributed by atoms with Crippen LogP contribution in [0.2, 0.25) is 0 Å². The third-order valence-corrected chi connectivity index (χ3v) is 2.79. The molecular weight excluding hydrogens is 206 g/mol. The summed E-state index contributed by atoms with van der Waals surface area (Å²) in [6, 6.07) is 3.60. The Morgan fingerprint density at radius 1 is 1.62 bits per heavy atom. The maximum atomic E-state index is 10.8. The summed E-state index contributed by atoms with van der Waals surface area (Å²) < 4.78 is 0. The number of pyridine rings is 1. The smallest absolute Gasteiger partial charge is 0.354 e. The van der Waals surface area contributed by atoms with E-state index in [0.29, 0.717) is 0 Å². The van der Waals surface area contributed by atoms with Gasteiger partial charge in [0, 0.05) is 31.0 Å². The molecule has 5 heteroatoms. The molecular formula is C11H15N3O2. The largest absolute Gasteiger partial charge is 0.477 e. The van der Waals surface area contributed by atoms with Crippen molar-refractivity contribution in [2.45, 2.75) is 18.9 Å². The van der Waals surface area contributed by atoms with Crippen LogP contribution in [0.25, 0.3) is 0 Å². The normalized spacial score (nSPS) is 20.8. The fourth-order valence-electron chi connectivity index (χ4n) is 1.98. The molecule has 0 radical (unpaired) electrons. The van der Waals surface area contributed by atoms with E-state index in [0.717, 1.165) is 31.6 Å². The molecule has 1 aromatic rings. The van der Waals surface area contributed by atoms with Crippen LogP contribution in [0.5, 0.6) is 0 Å². The van der Waals surface area contributed by atoms with Gasteiger partial charge in [0.15, 0.2) is 0 Å². The number of carboxylic acid groups (broad SMARTS) is 1. The second kappa shape index (κ2) is 4.49. The number of hydrogen-bond acceptors (Lipinski definition) is 4. The van der Waals surface area contributed by atoms with E-state index >= 15 is 0 Å². The summed E-state index contributed by atoms with van der Waals surface area (Å²) >= 11 is 0. The van der Waals surface area contributed by atoms with Gasteiger partial charge in [-0.25, -0.2) is 9.78 Å². The van der Waals surface area contributed by atoms with Crippen molar-refractivity contribution in [3.63, 3.8) is 0 Å². The molecule has 1 atom stereocenters. The molecule has 1 fully saturated rings. The summed E-state index contributed by atoms with van der Waals surface area (Å²) in [5.41, 5.74) is 6.86. The van der Waals surface area contributed by atoms with Crippen LogP contribution in [-0.2, 0) is 0 Å². The fourth-order valence-corrected chi connectivity index (χ4v) is 1.98. The first kappa shape index (κ1) is 10.9. The number of carboxylic acids is 1. The molecule has 0 aromatic carbocycles. The van der Waals surface area contributed by atoms with Crippen LogP contribution < -0.4 is 10.6 Å². The highest BCUT2D eigenvalue weighted by Gasteiger charge is 2.17. The van der Waals surface area contributed by atoms with Gasteiger partial charge in [0.2, 0.25) is 0 Å². The van der Waals surface area contributed by atoms with Crippen molar-refractivity contribution in [1.82, 2.24) is 4.98 Å². The Balaban J connectivity index is 2.19. The number of anilines is 1. The van der Waals surface area contributed by atoms with Crippen molar-refractivity contribution >= 4 is 11.7 Å². The number of hydrogen-bond donors (Lipinski definition) is 2. The third kappa shape index (κ3) is 2.30. The van der Waals surface area contributed by atoms with E-state index in [-0.39, 0.29) is 11.7 Å².